The molecule has 0 unspecified atom stereocenters. The molecule has 0 aliphatic carbocycles. The predicted molar refractivity (Wildman–Crippen MR) is 82.8 cm³/mol. The van der Waals surface area contributed by atoms with Crippen LogP contribution in [0.4, 0.5) is 0 Å². The predicted octanol–water partition coefficient (Wildman–Crippen LogP) is 3.36. The molecule has 0 saturated heterocycles. The van der Waals surface area contributed by atoms with Crippen LogP contribution in [0.3, 0.4) is 0 Å². The van der Waals surface area contributed by atoms with E-state index < -0.39 is 0 Å². The molecule has 0 spiro atoms. The second kappa shape index (κ2) is 7.25. The molecule has 0 bridgehead atoms. The van der Waals surface area contributed by atoms with Crippen molar-refractivity contribution in [2.75, 3.05) is 12.8 Å². The highest BCUT2D eigenvalue weighted by molar-refractivity contribution is 7.98. The molecule has 0 aliphatic heterocycles. The first-order valence-electron chi connectivity index (χ1n) is 5.85. The van der Waals surface area contributed by atoms with Crippen LogP contribution in [0, 0.1) is 11.8 Å². The maximum Gasteiger partial charge on any atom is 0.124 e. The summed E-state index contributed by atoms with van der Waals surface area (Å²) in [6.45, 7) is 0.928. The van der Waals surface area contributed by atoms with Crippen molar-refractivity contribution < 1.29 is 4.74 Å². The molecule has 2 N–H and O–H groups in total. The smallest absolute Gasteiger partial charge is 0.124 e. The normalized spacial score (nSPS) is 9.79. The highest BCUT2D eigenvalue weighted by Gasteiger charge is 2.03. The van der Waals surface area contributed by atoms with Gasteiger partial charge in [-0.2, -0.15) is 0 Å². The van der Waals surface area contributed by atoms with Crippen molar-refractivity contribution in [3.05, 3.63) is 46.2 Å². The van der Waals surface area contributed by atoms with E-state index in [2.05, 4.69) is 30.2 Å². The van der Waals surface area contributed by atoms with Crippen LogP contribution in [0.5, 0.6) is 5.75 Å². The SMILES string of the molecule is CSc1ccc(OCc2sccc2C#CCN)cc1. The van der Waals surface area contributed by atoms with Gasteiger partial charge < -0.3 is 10.5 Å². The molecule has 2 nitrogen and oxygen atoms in total. The van der Waals surface area contributed by atoms with E-state index in [-0.39, 0.29) is 0 Å². The molecule has 1 aromatic heterocycles. The first-order valence-corrected chi connectivity index (χ1v) is 7.96. The molecule has 98 valence electrons. The van der Waals surface area contributed by atoms with Crippen LogP contribution >= 0.6 is 23.1 Å². The van der Waals surface area contributed by atoms with Crippen LogP contribution in [0.15, 0.2) is 40.6 Å². The van der Waals surface area contributed by atoms with E-state index in [0.717, 1.165) is 16.2 Å². The van der Waals surface area contributed by atoms with E-state index >= 15 is 0 Å². The lowest BCUT2D eigenvalue weighted by Crippen LogP contribution is -1.96. The lowest BCUT2D eigenvalue weighted by molar-refractivity contribution is 0.309. The van der Waals surface area contributed by atoms with Gasteiger partial charge in [-0.05, 0) is 42.0 Å². The Hall–Kier alpha value is -1.41. The third-order valence-corrected chi connectivity index (χ3v) is 4.14. The fourth-order valence-corrected chi connectivity index (χ4v) is 2.68. The molecular weight excluding hydrogens is 274 g/mol. The van der Waals surface area contributed by atoms with Gasteiger partial charge >= 0.3 is 0 Å². The van der Waals surface area contributed by atoms with Crippen molar-refractivity contribution in [1.82, 2.24) is 0 Å². The van der Waals surface area contributed by atoms with Crippen molar-refractivity contribution in [2.24, 2.45) is 5.73 Å². The third kappa shape index (κ3) is 4.03. The molecule has 19 heavy (non-hydrogen) atoms. The third-order valence-electron chi connectivity index (χ3n) is 2.50. The highest BCUT2D eigenvalue weighted by Crippen LogP contribution is 2.22. The monoisotopic (exact) mass is 289 g/mol. The lowest BCUT2D eigenvalue weighted by atomic mass is 10.2. The molecule has 2 rings (SSSR count). The lowest BCUT2D eigenvalue weighted by Gasteiger charge is -2.05. The van der Waals surface area contributed by atoms with Crippen molar-refractivity contribution in [3.63, 3.8) is 0 Å². The Morgan fingerprint density at radius 2 is 2.05 bits per heavy atom. The minimum absolute atomic E-state index is 0.381. The van der Waals surface area contributed by atoms with Crippen molar-refractivity contribution in [1.29, 1.82) is 0 Å². The van der Waals surface area contributed by atoms with Gasteiger partial charge in [0.2, 0.25) is 0 Å². The van der Waals surface area contributed by atoms with Crippen LogP contribution in [-0.2, 0) is 6.61 Å². The summed E-state index contributed by atoms with van der Waals surface area (Å²) in [6, 6.07) is 10.1. The van der Waals surface area contributed by atoms with Crippen LogP contribution in [0.1, 0.15) is 10.4 Å². The number of benzene rings is 1. The van der Waals surface area contributed by atoms with Gasteiger partial charge in [0.25, 0.3) is 0 Å². The van der Waals surface area contributed by atoms with E-state index in [0.29, 0.717) is 13.2 Å². The maximum absolute atomic E-state index is 5.77. The largest absolute Gasteiger partial charge is 0.488 e. The summed E-state index contributed by atoms with van der Waals surface area (Å²) in [5.74, 6) is 6.81. The first kappa shape index (κ1) is 14.0. The van der Waals surface area contributed by atoms with Gasteiger partial charge in [-0.15, -0.1) is 23.1 Å². The van der Waals surface area contributed by atoms with Gasteiger partial charge in [0, 0.05) is 10.5 Å². The van der Waals surface area contributed by atoms with Crippen molar-refractivity contribution in [3.8, 4) is 17.6 Å². The minimum atomic E-state index is 0.381. The van der Waals surface area contributed by atoms with Gasteiger partial charge in [-0.3, -0.25) is 0 Å². The van der Waals surface area contributed by atoms with Gasteiger partial charge in [0.15, 0.2) is 0 Å². The second-order valence-electron chi connectivity index (χ2n) is 3.73. The maximum atomic E-state index is 5.77. The number of rotatable bonds is 4. The standard InChI is InChI=1S/C15H15NOS2/c1-18-14-6-4-13(5-7-14)17-11-15-12(3-2-9-16)8-10-19-15/h4-8,10H,9,11,16H2,1H3. The average molecular weight is 289 g/mol. The molecule has 1 heterocycles. The van der Waals surface area contributed by atoms with Gasteiger partial charge in [0.1, 0.15) is 12.4 Å². The number of nitrogens with two attached hydrogens (primary N) is 1. The first-order chi connectivity index (χ1) is 9.33. The quantitative estimate of drug-likeness (QED) is 0.692. The molecule has 0 amide bonds. The second-order valence-corrected chi connectivity index (χ2v) is 5.61. The van der Waals surface area contributed by atoms with Gasteiger partial charge in [-0.1, -0.05) is 11.8 Å². The molecule has 1 aromatic carbocycles. The fraction of sp³-hybridized carbons (Fsp3) is 0.200. The summed E-state index contributed by atoms with van der Waals surface area (Å²) < 4.78 is 5.77. The van der Waals surface area contributed by atoms with E-state index in [1.807, 2.05) is 23.6 Å². The molecular formula is C15H15NOS2. The van der Waals surface area contributed by atoms with Gasteiger partial charge in [0.05, 0.1) is 11.4 Å². The number of thiophene rings is 1. The molecule has 0 aliphatic rings. The summed E-state index contributed by atoms with van der Waals surface area (Å²) in [5.41, 5.74) is 6.39. The Balaban J connectivity index is 2.00. The van der Waals surface area contributed by atoms with Crippen LogP contribution in [0.2, 0.25) is 0 Å². The number of hydrogen-bond donors (Lipinski definition) is 1. The molecule has 0 saturated carbocycles. The Labute approximate surface area is 122 Å². The molecule has 4 heteroatoms. The number of thioether (sulfide) groups is 1. The molecule has 0 radical (unpaired) electrons. The zero-order valence-corrected chi connectivity index (χ0v) is 12.3. The Bertz CT molecular complexity index is 578. The van der Waals surface area contributed by atoms with Crippen molar-refractivity contribution in [2.45, 2.75) is 11.5 Å². The van der Waals surface area contributed by atoms with E-state index in [4.69, 9.17) is 10.5 Å². The van der Waals surface area contributed by atoms with Crippen LogP contribution in [0.25, 0.3) is 0 Å². The van der Waals surface area contributed by atoms with Crippen molar-refractivity contribution >= 4 is 23.1 Å². The summed E-state index contributed by atoms with van der Waals surface area (Å²) in [4.78, 5) is 2.37. The Morgan fingerprint density at radius 1 is 1.26 bits per heavy atom. The van der Waals surface area contributed by atoms with Crippen LogP contribution < -0.4 is 10.5 Å². The van der Waals surface area contributed by atoms with E-state index in [9.17, 15) is 0 Å². The van der Waals surface area contributed by atoms with E-state index in [1.54, 1.807) is 23.1 Å². The fourth-order valence-electron chi connectivity index (χ4n) is 1.53. The highest BCUT2D eigenvalue weighted by atomic mass is 32.2. The van der Waals surface area contributed by atoms with E-state index in [1.165, 1.54) is 4.90 Å². The number of hydrogen-bond acceptors (Lipinski definition) is 4. The number of ether oxygens (including phenoxy) is 1. The summed E-state index contributed by atoms with van der Waals surface area (Å²) >= 11 is 3.38. The molecule has 0 atom stereocenters. The summed E-state index contributed by atoms with van der Waals surface area (Å²) in [5, 5.41) is 2.02. The zero-order valence-electron chi connectivity index (χ0n) is 10.7. The van der Waals surface area contributed by atoms with Crippen LogP contribution in [-0.4, -0.2) is 12.8 Å². The Morgan fingerprint density at radius 3 is 2.74 bits per heavy atom. The minimum Gasteiger partial charge on any atom is -0.488 e. The summed E-state index contributed by atoms with van der Waals surface area (Å²) in [6.07, 6.45) is 2.06. The molecule has 2 aromatic rings. The van der Waals surface area contributed by atoms with Gasteiger partial charge in [-0.25, -0.2) is 0 Å². The summed E-state index contributed by atoms with van der Waals surface area (Å²) in [7, 11) is 0. The average Bonchev–Trinajstić information content (AvgIpc) is 2.91. The zero-order chi connectivity index (χ0) is 13.5. The topological polar surface area (TPSA) is 35.2 Å². The molecule has 0 fully saturated rings. The Kier molecular flexibility index (Phi) is 5.34.